The van der Waals surface area contributed by atoms with E-state index in [4.69, 9.17) is 23.8 Å². The van der Waals surface area contributed by atoms with Gasteiger partial charge in [0, 0.05) is 23.3 Å². The zero-order valence-electron chi connectivity index (χ0n) is 12.5. The van der Waals surface area contributed by atoms with Gasteiger partial charge in [0.05, 0.1) is 5.69 Å². The lowest BCUT2D eigenvalue weighted by atomic mass is 10.1. The Morgan fingerprint density at radius 2 is 1.79 bits per heavy atom. The summed E-state index contributed by atoms with van der Waals surface area (Å²) in [6.45, 7) is 0. The molecule has 0 amide bonds. The fraction of sp³-hybridized carbons (Fsp3) is 0.0625. The molecule has 24 heavy (non-hydrogen) atoms. The Morgan fingerprint density at radius 1 is 1.17 bits per heavy atom. The standard InChI is InChI=1S/C16H13ClN2O3S2/c1-19-13-5-3-2-4-12(13)14(20)15(24(19,21)22)16(23)18-11-8-6-10(17)7-9-11/h2-9,20H,1H3,(H,18,23). The van der Waals surface area contributed by atoms with Crippen molar-refractivity contribution in [2.75, 3.05) is 16.7 Å². The van der Waals surface area contributed by atoms with Gasteiger partial charge in [0.2, 0.25) is 0 Å². The number of para-hydroxylation sites is 1. The molecular weight excluding hydrogens is 368 g/mol. The third-order valence-electron chi connectivity index (χ3n) is 3.64. The first-order valence-corrected chi connectivity index (χ1v) is 9.13. The molecule has 8 heteroatoms. The van der Waals surface area contributed by atoms with Crippen LogP contribution in [0.2, 0.25) is 5.02 Å². The molecule has 2 aromatic carbocycles. The molecule has 0 spiro atoms. The highest BCUT2D eigenvalue weighted by atomic mass is 35.5. The predicted molar refractivity (Wildman–Crippen MR) is 101 cm³/mol. The van der Waals surface area contributed by atoms with Gasteiger partial charge in [-0.05, 0) is 36.4 Å². The van der Waals surface area contributed by atoms with E-state index in [1.165, 1.54) is 7.05 Å². The topological polar surface area (TPSA) is 69.6 Å². The first-order valence-electron chi connectivity index (χ1n) is 6.91. The van der Waals surface area contributed by atoms with Crippen LogP contribution in [0.5, 0.6) is 0 Å². The fourth-order valence-electron chi connectivity index (χ4n) is 2.41. The van der Waals surface area contributed by atoms with Crippen molar-refractivity contribution in [2.24, 2.45) is 0 Å². The minimum Gasteiger partial charge on any atom is -0.506 e. The van der Waals surface area contributed by atoms with Crippen LogP contribution in [0.25, 0.3) is 5.76 Å². The SMILES string of the molecule is CN1c2ccccc2C(O)=C(C(=S)Nc2ccc(Cl)cc2)S1(=O)=O. The number of hydrogen-bond donors (Lipinski definition) is 2. The quantitative estimate of drug-likeness (QED) is 0.776. The van der Waals surface area contributed by atoms with Crippen molar-refractivity contribution in [1.29, 1.82) is 0 Å². The molecule has 0 bridgehead atoms. The van der Waals surface area contributed by atoms with Crippen molar-refractivity contribution < 1.29 is 13.5 Å². The summed E-state index contributed by atoms with van der Waals surface area (Å²) in [7, 11) is -2.54. The summed E-state index contributed by atoms with van der Waals surface area (Å²) >= 11 is 11.1. The third-order valence-corrected chi connectivity index (χ3v) is 6.16. The Morgan fingerprint density at radius 3 is 2.46 bits per heavy atom. The fourth-order valence-corrected chi connectivity index (χ4v) is 4.39. The Labute approximate surface area is 150 Å². The Hall–Kier alpha value is -2.09. The van der Waals surface area contributed by atoms with Gasteiger partial charge >= 0.3 is 0 Å². The summed E-state index contributed by atoms with van der Waals surface area (Å²) in [5.41, 5.74) is 1.37. The Bertz CT molecular complexity index is 954. The summed E-state index contributed by atoms with van der Waals surface area (Å²) in [5, 5.41) is 13.9. The van der Waals surface area contributed by atoms with Crippen molar-refractivity contribution in [3.8, 4) is 0 Å². The summed E-state index contributed by atoms with van der Waals surface area (Å²) in [6, 6.07) is 13.3. The van der Waals surface area contributed by atoms with Crippen molar-refractivity contribution >= 4 is 56.0 Å². The number of rotatable bonds is 2. The molecule has 0 saturated carbocycles. The van der Waals surface area contributed by atoms with Crippen molar-refractivity contribution in [2.45, 2.75) is 0 Å². The molecule has 1 aliphatic rings. The molecule has 0 aromatic heterocycles. The first kappa shape index (κ1) is 16.8. The minimum absolute atomic E-state index is 0.0869. The number of aliphatic hydroxyl groups is 1. The van der Waals surface area contributed by atoms with Gasteiger partial charge in [0.1, 0.15) is 10.7 Å². The Balaban J connectivity index is 2.07. The molecule has 3 rings (SSSR count). The highest BCUT2D eigenvalue weighted by Crippen LogP contribution is 2.37. The van der Waals surface area contributed by atoms with Crippen LogP contribution in [-0.2, 0) is 10.0 Å². The number of thiocarbonyl (C=S) groups is 1. The van der Waals surface area contributed by atoms with Gasteiger partial charge in [0.25, 0.3) is 10.0 Å². The first-order chi connectivity index (χ1) is 11.3. The van der Waals surface area contributed by atoms with Crippen LogP contribution in [0.1, 0.15) is 5.56 Å². The molecule has 0 atom stereocenters. The van der Waals surface area contributed by atoms with Gasteiger partial charge in [-0.2, -0.15) is 0 Å². The van der Waals surface area contributed by atoms with Crippen LogP contribution in [0.4, 0.5) is 11.4 Å². The van der Waals surface area contributed by atoms with Crippen LogP contribution in [0.15, 0.2) is 53.4 Å². The second-order valence-electron chi connectivity index (χ2n) is 5.13. The second-order valence-corrected chi connectivity index (χ2v) is 7.88. The van der Waals surface area contributed by atoms with Crippen LogP contribution in [0.3, 0.4) is 0 Å². The van der Waals surface area contributed by atoms with E-state index in [2.05, 4.69) is 5.32 Å². The Kier molecular flexibility index (Phi) is 4.25. The molecule has 2 N–H and O–H groups in total. The number of aliphatic hydroxyl groups excluding tert-OH is 1. The highest BCUT2D eigenvalue weighted by Gasteiger charge is 2.37. The summed E-state index contributed by atoms with van der Waals surface area (Å²) in [4.78, 5) is -0.412. The molecule has 0 radical (unpaired) electrons. The molecule has 1 heterocycles. The maximum Gasteiger partial charge on any atom is 0.270 e. The maximum absolute atomic E-state index is 12.7. The number of sulfonamides is 1. The average Bonchev–Trinajstić information content (AvgIpc) is 2.55. The largest absolute Gasteiger partial charge is 0.506 e. The number of nitrogens with zero attached hydrogens (tertiary/aromatic N) is 1. The average molecular weight is 381 g/mol. The summed E-state index contributed by atoms with van der Waals surface area (Å²) in [6.07, 6.45) is 0. The van der Waals surface area contributed by atoms with Crippen LogP contribution >= 0.6 is 23.8 Å². The lowest BCUT2D eigenvalue weighted by Crippen LogP contribution is -2.36. The molecular formula is C16H13ClN2O3S2. The molecule has 2 aromatic rings. The van der Waals surface area contributed by atoms with E-state index in [-0.39, 0.29) is 15.7 Å². The predicted octanol–water partition coefficient (Wildman–Crippen LogP) is 3.79. The maximum atomic E-state index is 12.7. The van der Waals surface area contributed by atoms with Crippen molar-refractivity contribution in [3.05, 3.63) is 64.0 Å². The molecule has 0 saturated heterocycles. The van der Waals surface area contributed by atoms with Crippen LogP contribution in [-0.4, -0.2) is 25.6 Å². The molecule has 0 aliphatic carbocycles. The van der Waals surface area contributed by atoms with E-state index in [1.807, 2.05) is 0 Å². The second kappa shape index (κ2) is 6.08. The molecule has 0 unspecified atom stereocenters. The van der Waals surface area contributed by atoms with Gasteiger partial charge < -0.3 is 10.4 Å². The normalized spacial score (nSPS) is 15.8. The number of anilines is 2. The van der Waals surface area contributed by atoms with Gasteiger partial charge in [-0.1, -0.05) is 36.0 Å². The third kappa shape index (κ3) is 2.75. The van der Waals surface area contributed by atoms with E-state index in [0.717, 1.165) is 4.31 Å². The van der Waals surface area contributed by atoms with E-state index >= 15 is 0 Å². The van der Waals surface area contributed by atoms with Gasteiger partial charge in [0.15, 0.2) is 4.91 Å². The summed E-state index contributed by atoms with van der Waals surface area (Å²) < 4.78 is 26.6. The summed E-state index contributed by atoms with van der Waals surface area (Å²) in [5.74, 6) is -0.366. The van der Waals surface area contributed by atoms with Crippen LogP contribution in [0, 0.1) is 0 Å². The lowest BCUT2D eigenvalue weighted by molar-refractivity contribution is 0.509. The number of fused-ring (bicyclic) bond motifs is 1. The zero-order chi connectivity index (χ0) is 17.5. The monoisotopic (exact) mass is 380 g/mol. The lowest BCUT2D eigenvalue weighted by Gasteiger charge is -2.29. The number of halogens is 1. The highest BCUT2D eigenvalue weighted by molar-refractivity contribution is 7.99. The van der Waals surface area contributed by atoms with Gasteiger partial charge in [-0.15, -0.1) is 0 Å². The molecule has 124 valence electrons. The zero-order valence-corrected chi connectivity index (χ0v) is 14.9. The van der Waals surface area contributed by atoms with E-state index in [9.17, 15) is 13.5 Å². The number of benzene rings is 2. The minimum atomic E-state index is -3.96. The van der Waals surface area contributed by atoms with Crippen molar-refractivity contribution in [3.63, 3.8) is 0 Å². The van der Waals surface area contributed by atoms with E-state index in [1.54, 1.807) is 48.5 Å². The molecule has 1 aliphatic heterocycles. The van der Waals surface area contributed by atoms with E-state index < -0.39 is 10.0 Å². The van der Waals surface area contributed by atoms with Crippen LogP contribution < -0.4 is 9.62 Å². The van der Waals surface area contributed by atoms with Gasteiger partial charge in [-0.3, -0.25) is 4.31 Å². The smallest absolute Gasteiger partial charge is 0.270 e. The number of hydrogen-bond acceptors (Lipinski definition) is 4. The number of nitrogens with one attached hydrogen (secondary N) is 1. The molecule has 5 nitrogen and oxygen atoms in total. The van der Waals surface area contributed by atoms with Crippen molar-refractivity contribution in [1.82, 2.24) is 0 Å². The van der Waals surface area contributed by atoms with Gasteiger partial charge in [-0.25, -0.2) is 8.42 Å². The molecule has 0 fully saturated rings. The van der Waals surface area contributed by atoms with E-state index in [0.29, 0.717) is 22.0 Å².